The zero-order valence-corrected chi connectivity index (χ0v) is 21.2. The van der Waals surface area contributed by atoms with Gasteiger partial charge in [0.1, 0.15) is 5.75 Å². The molecule has 3 amide bonds. The molecule has 0 bridgehead atoms. The number of nitrogens with one attached hydrogen (secondary N) is 2. The van der Waals surface area contributed by atoms with E-state index in [1.165, 1.54) is 0 Å². The van der Waals surface area contributed by atoms with Crippen LogP contribution in [0.1, 0.15) is 12.0 Å². The van der Waals surface area contributed by atoms with Crippen LogP contribution in [0.4, 0.5) is 11.4 Å². The first kappa shape index (κ1) is 25.8. The third kappa shape index (κ3) is 6.91. The first-order chi connectivity index (χ1) is 17.3. The molecule has 1 saturated heterocycles. The molecular weight excluding hydrogens is 525 g/mol. The van der Waals surface area contributed by atoms with E-state index >= 15 is 0 Å². The SMILES string of the molecule is O=C(COc1ccc(N2C[C@H](C(=O)NCc3ccc(Cl)cc3)CC2=O)cc1)Nc1cc(Cl)cc(Cl)c1. The first-order valence-corrected chi connectivity index (χ1v) is 12.2. The molecule has 1 heterocycles. The lowest BCUT2D eigenvalue weighted by Crippen LogP contribution is -2.32. The van der Waals surface area contributed by atoms with Crippen molar-refractivity contribution in [3.8, 4) is 5.75 Å². The molecule has 0 radical (unpaired) electrons. The minimum atomic E-state index is -0.440. The highest BCUT2D eigenvalue weighted by Gasteiger charge is 2.35. The Hall–Kier alpha value is -3.26. The molecular formula is C26H22Cl3N3O4. The number of rotatable bonds is 8. The maximum absolute atomic E-state index is 12.6. The quantitative estimate of drug-likeness (QED) is 0.400. The van der Waals surface area contributed by atoms with Gasteiger partial charge in [0, 0.05) is 46.0 Å². The molecule has 4 rings (SSSR count). The Labute approximate surface area is 223 Å². The topological polar surface area (TPSA) is 87.7 Å². The van der Waals surface area contributed by atoms with E-state index < -0.39 is 5.92 Å². The van der Waals surface area contributed by atoms with Gasteiger partial charge in [-0.3, -0.25) is 14.4 Å². The van der Waals surface area contributed by atoms with Crippen LogP contribution in [0, 0.1) is 5.92 Å². The van der Waals surface area contributed by atoms with Gasteiger partial charge in [-0.05, 0) is 60.2 Å². The van der Waals surface area contributed by atoms with E-state index in [-0.39, 0.29) is 37.3 Å². The van der Waals surface area contributed by atoms with Crippen molar-refractivity contribution in [2.75, 3.05) is 23.4 Å². The van der Waals surface area contributed by atoms with Crippen molar-refractivity contribution in [3.63, 3.8) is 0 Å². The van der Waals surface area contributed by atoms with Gasteiger partial charge in [0.15, 0.2) is 6.61 Å². The van der Waals surface area contributed by atoms with Gasteiger partial charge < -0.3 is 20.3 Å². The van der Waals surface area contributed by atoms with Crippen LogP contribution in [-0.4, -0.2) is 30.9 Å². The van der Waals surface area contributed by atoms with Crippen LogP contribution < -0.4 is 20.3 Å². The Kier molecular flexibility index (Phi) is 8.36. The van der Waals surface area contributed by atoms with Gasteiger partial charge in [0.25, 0.3) is 5.91 Å². The molecule has 7 nitrogen and oxygen atoms in total. The second-order valence-electron chi connectivity index (χ2n) is 8.24. The van der Waals surface area contributed by atoms with E-state index in [4.69, 9.17) is 39.5 Å². The molecule has 2 N–H and O–H groups in total. The lowest BCUT2D eigenvalue weighted by atomic mass is 10.1. The van der Waals surface area contributed by atoms with Crippen LogP contribution >= 0.6 is 34.8 Å². The Morgan fingerprint density at radius 2 is 1.58 bits per heavy atom. The summed E-state index contributed by atoms with van der Waals surface area (Å²) in [6.45, 7) is 0.433. The number of hydrogen-bond acceptors (Lipinski definition) is 4. The fraction of sp³-hybridized carbons (Fsp3) is 0.192. The molecule has 0 aliphatic carbocycles. The summed E-state index contributed by atoms with van der Waals surface area (Å²) >= 11 is 17.8. The van der Waals surface area contributed by atoms with Crippen LogP contribution in [0.15, 0.2) is 66.7 Å². The first-order valence-electron chi connectivity index (χ1n) is 11.1. The van der Waals surface area contributed by atoms with E-state index in [1.807, 2.05) is 12.1 Å². The molecule has 1 fully saturated rings. The Balaban J connectivity index is 1.27. The van der Waals surface area contributed by atoms with Crippen molar-refractivity contribution < 1.29 is 19.1 Å². The maximum atomic E-state index is 12.6. The number of halogens is 3. The fourth-order valence-corrected chi connectivity index (χ4v) is 4.41. The summed E-state index contributed by atoms with van der Waals surface area (Å²) in [6, 6.07) is 18.7. The van der Waals surface area contributed by atoms with Crippen LogP contribution in [0.3, 0.4) is 0 Å². The molecule has 3 aromatic rings. The normalized spacial score (nSPS) is 15.0. The lowest BCUT2D eigenvalue weighted by Gasteiger charge is -2.17. The second kappa shape index (κ2) is 11.6. The average Bonchev–Trinajstić information content (AvgIpc) is 3.23. The molecule has 1 atom stereocenters. The molecule has 3 aromatic carbocycles. The van der Waals surface area contributed by atoms with Crippen LogP contribution in [-0.2, 0) is 20.9 Å². The number of carbonyl (C=O) groups excluding carboxylic acids is 3. The monoisotopic (exact) mass is 545 g/mol. The second-order valence-corrected chi connectivity index (χ2v) is 9.55. The molecule has 0 saturated carbocycles. The van der Waals surface area contributed by atoms with Gasteiger partial charge in [0.2, 0.25) is 11.8 Å². The summed E-state index contributed by atoms with van der Waals surface area (Å²) in [5, 5.41) is 6.99. The van der Waals surface area contributed by atoms with E-state index in [0.717, 1.165) is 5.56 Å². The van der Waals surface area contributed by atoms with Crippen molar-refractivity contribution in [3.05, 3.63) is 87.4 Å². The zero-order chi connectivity index (χ0) is 25.7. The van der Waals surface area contributed by atoms with Crippen molar-refractivity contribution >= 4 is 63.9 Å². The van der Waals surface area contributed by atoms with Gasteiger partial charge in [-0.25, -0.2) is 0 Å². The highest BCUT2D eigenvalue weighted by molar-refractivity contribution is 6.35. The third-order valence-electron chi connectivity index (χ3n) is 5.54. The van der Waals surface area contributed by atoms with Crippen molar-refractivity contribution in [2.24, 2.45) is 5.92 Å². The molecule has 1 aliphatic rings. The Bertz CT molecular complexity index is 1250. The summed E-state index contributed by atoms with van der Waals surface area (Å²) in [6.07, 6.45) is 0.137. The number of ether oxygens (including phenoxy) is 1. The molecule has 0 spiro atoms. The molecule has 0 aromatic heterocycles. The fourth-order valence-electron chi connectivity index (χ4n) is 3.76. The summed E-state index contributed by atoms with van der Waals surface area (Å²) < 4.78 is 5.53. The van der Waals surface area contributed by atoms with Crippen molar-refractivity contribution in [1.82, 2.24) is 5.32 Å². The van der Waals surface area contributed by atoms with E-state index in [2.05, 4.69) is 10.6 Å². The minimum Gasteiger partial charge on any atom is -0.484 e. The molecule has 10 heteroatoms. The molecule has 186 valence electrons. The number of benzene rings is 3. The van der Waals surface area contributed by atoms with E-state index in [9.17, 15) is 14.4 Å². The van der Waals surface area contributed by atoms with Gasteiger partial charge in [-0.1, -0.05) is 46.9 Å². The van der Waals surface area contributed by atoms with Crippen LogP contribution in [0.2, 0.25) is 15.1 Å². The zero-order valence-electron chi connectivity index (χ0n) is 19.0. The standard InChI is InChI=1S/C26H22Cl3N3O4/c27-18-3-1-16(2-4-18)13-30-26(35)17-9-25(34)32(14-17)22-5-7-23(8-6-22)36-15-24(33)31-21-11-19(28)10-20(29)12-21/h1-8,10-12,17H,9,13-15H2,(H,30,35)(H,31,33)/t17-/m1/s1. The lowest BCUT2D eigenvalue weighted by molar-refractivity contribution is -0.126. The van der Waals surface area contributed by atoms with Crippen LogP contribution in [0.25, 0.3) is 0 Å². The highest BCUT2D eigenvalue weighted by atomic mass is 35.5. The van der Waals surface area contributed by atoms with Gasteiger partial charge in [-0.2, -0.15) is 0 Å². The maximum Gasteiger partial charge on any atom is 0.262 e. The van der Waals surface area contributed by atoms with Crippen molar-refractivity contribution in [2.45, 2.75) is 13.0 Å². The molecule has 1 aliphatic heterocycles. The minimum absolute atomic E-state index is 0.130. The smallest absolute Gasteiger partial charge is 0.262 e. The van der Waals surface area contributed by atoms with Crippen molar-refractivity contribution in [1.29, 1.82) is 0 Å². The van der Waals surface area contributed by atoms with Gasteiger partial charge >= 0.3 is 0 Å². The average molecular weight is 547 g/mol. The number of nitrogens with zero attached hydrogens (tertiary/aromatic N) is 1. The predicted molar refractivity (Wildman–Crippen MR) is 141 cm³/mol. The molecule has 0 unspecified atom stereocenters. The summed E-state index contributed by atoms with van der Waals surface area (Å²) in [7, 11) is 0. The predicted octanol–water partition coefficient (Wildman–Crippen LogP) is 5.33. The number of hydrogen-bond donors (Lipinski definition) is 2. The highest BCUT2D eigenvalue weighted by Crippen LogP contribution is 2.27. The summed E-state index contributed by atoms with van der Waals surface area (Å²) in [5.74, 6) is -0.659. The van der Waals surface area contributed by atoms with E-state index in [0.29, 0.717) is 38.7 Å². The number of anilines is 2. The Morgan fingerprint density at radius 1 is 0.917 bits per heavy atom. The largest absolute Gasteiger partial charge is 0.484 e. The summed E-state index contributed by atoms with van der Waals surface area (Å²) in [5.41, 5.74) is 2.05. The van der Waals surface area contributed by atoms with Gasteiger partial charge in [-0.15, -0.1) is 0 Å². The van der Waals surface area contributed by atoms with E-state index in [1.54, 1.807) is 59.5 Å². The van der Waals surface area contributed by atoms with Crippen LogP contribution in [0.5, 0.6) is 5.75 Å². The molecule has 36 heavy (non-hydrogen) atoms. The Morgan fingerprint density at radius 3 is 2.25 bits per heavy atom. The third-order valence-corrected chi connectivity index (χ3v) is 6.23. The van der Waals surface area contributed by atoms with Gasteiger partial charge in [0.05, 0.1) is 5.92 Å². The number of amides is 3. The number of carbonyl (C=O) groups is 3. The summed E-state index contributed by atoms with van der Waals surface area (Å²) in [4.78, 5) is 38.9.